The number of anilines is 2. The molecule has 0 unspecified atom stereocenters. The number of hydrogen-bond donors (Lipinski definition) is 1. The lowest BCUT2D eigenvalue weighted by Crippen LogP contribution is -2.38. The Kier molecular flexibility index (Phi) is 7.33. The molecule has 1 amide bonds. The Morgan fingerprint density at radius 3 is 2.35 bits per heavy atom. The topological polar surface area (TPSA) is 75.7 Å². The van der Waals surface area contributed by atoms with E-state index in [4.69, 9.17) is 16.3 Å². The van der Waals surface area contributed by atoms with Gasteiger partial charge in [-0.2, -0.15) is 0 Å². The maximum atomic E-state index is 13.4. The van der Waals surface area contributed by atoms with E-state index >= 15 is 0 Å². The maximum Gasteiger partial charge on any atom is 0.264 e. The fourth-order valence-corrected chi connectivity index (χ4v) is 4.54. The molecule has 0 aliphatic carbocycles. The van der Waals surface area contributed by atoms with E-state index in [2.05, 4.69) is 5.32 Å². The van der Waals surface area contributed by atoms with E-state index in [1.54, 1.807) is 61.7 Å². The van der Waals surface area contributed by atoms with Crippen LogP contribution in [0.15, 0.2) is 77.7 Å². The molecule has 3 aromatic rings. The first kappa shape index (κ1) is 22.8. The summed E-state index contributed by atoms with van der Waals surface area (Å²) in [7, 11) is -2.39. The van der Waals surface area contributed by atoms with Crippen LogP contribution in [-0.4, -0.2) is 28.0 Å². The van der Waals surface area contributed by atoms with Crippen LogP contribution >= 0.6 is 11.6 Å². The highest BCUT2D eigenvalue weighted by molar-refractivity contribution is 7.92. The third-order valence-electron chi connectivity index (χ3n) is 4.53. The lowest BCUT2D eigenvalue weighted by molar-refractivity contribution is -0.114. The molecule has 0 atom stereocenters. The summed E-state index contributed by atoms with van der Waals surface area (Å²) in [6, 6.07) is 20.0. The largest absolute Gasteiger partial charge is 0.380 e. The number of amides is 1. The first-order valence-corrected chi connectivity index (χ1v) is 11.3. The van der Waals surface area contributed by atoms with Crippen molar-refractivity contribution in [1.29, 1.82) is 0 Å². The minimum Gasteiger partial charge on any atom is -0.380 e. The Labute approximate surface area is 187 Å². The van der Waals surface area contributed by atoms with Gasteiger partial charge in [-0.1, -0.05) is 41.4 Å². The number of nitrogens with one attached hydrogen (secondary N) is 1. The Morgan fingerprint density at radius 1 is 1.03 bits per heavy atom. The second-order valence-corrected chi connectivity index (χ2v) is 9.28. The molecule has 0 fully saturated rings. The number of ether oxygens (including phenoxy) is 1. The lowest BCUT2D eigenvalue weighted by atomic mass is 10.2. The molecular formula is C23H23ClN2O4S. The predicted octanol–water partition coefficient (Wildman–Crippen LogP) is 4.63. The van der Waals surface area contributed by atoms with Crippen molar-refractivity contribution in [3.8, 4) is 0 Å². The van der Waals surface area contributed by atoms with Crippen LogP contribution in [0.3, 0.4) is 0 Å². The van der Waals surface area contributed by atoms with Crippen LogP contribution in [0.1, 0.15) is 11.1 Å². The fourth-order valence-electron chi connectivity index (χ4n) is 3.00. The zero-order valence-corrected chi connectivity index (χ0v) is 18.8. The zero-order chi connectivity index (χ0) is 22.4. The van der Waals surface area contributed by atoms with Crippen molar-refractivity contribution in [3.05, 3.63) is 88.9 Å². The summed E-state index contributed by atoms with van der Waals surface area (Å²) in [5.74, 6) is -0.472. The molecule has 6 nitrogen and oxygen atoms in total. The smallest absolute Gasteiger partial charge is 0.264 e. The first-order valence-electron chi connectivity index (χ1n) is 9.52. The number of carbonyl (C=O) groups excluding carboxylic acids is 1. The average Bonchev–Trinajstić information content (AvgIpc) is 2.73. The Hall–Kier alpha value is -2.87. The third kappa shape index (κ3) is 5.85. The summed E-state index contributed by atoms with van der Waals surface area (Å²) in [5, 5.41) is 3.23. The molecule has 0 aromatic heterocycles. The highest BCUT2D eigenvalue weighted by Crippen LogP contribution is 2.25. The molecule has 31 heavy (non-hydrogen) atoms. The SMILES string of the molecule is COCc1cccc(NC(=O)CN(c2ccc(Cl)cc2)S(=O)(=O)c2ccc(C)cc2)c1. The molecule has 3 aromatic carbocycles. The Bertz CT molecular complexity index is 1150. The summed E-state index contributed by atoms with van der Waals surface area (Å²) in [6.45, 7) is 1.88. The Morgan fingerprint density at radius 2 is 1.71 bits per heavy atom. The van der Waals surface area contributed by atoms with Crippen molar-refractivity contribution in [2.45, 2.75) is 18.4 Å². The van der Waals surface area contributed by atoms with Crippen molar-refractivity contribution in [2.75, 3.05) is 23.3 Å². The summed E-state index contributed by atoms with van der Waals surface area (Å²) >= 11 is 5.96. The van der Waals surface area contributed by atoms with Gasteiger partial charge in [0.15, 0.2) is 0 Å². The molecule has 0 bridgehead atoms. The summed E-state index contributed by atoms with van der Waals surface area (Å²) in [6.07, 6.45) is 0. The van der Waals surface area contributed by atoms with Crippen molar-refractivity contribution in [1.82, 2.24) is 0 Å². The maximum absolute atomic E-state index is 13.4. The molecule has 0 radical (unpaired) electrons. The van der Waals surface area contributed by atoms with Crippen LogP contribution in [0.2, 0.25) is 5.02 Å². The summed E-state index contributed by atoms with van der Waals surface area (Å²) < 4.78 is 32.9. The van der Waals surface area contributed by atoms with Gasteiger partial charge in [0, 0.05) is 17.8 Å². The van der Waals surface area contributed by atoms with Crippen LogP contribution in [0, 0.1) is 6.92 Å². The van der Waals surface area contributed by atoms with Gasteiger partial charge in [-0.15, -0.1) is 0 Å². The number of aryl methyl sites for hydroxylation is 1. The molecule has 0 spiro atoms. The number of halogens is 1. The number of rotatable bonds is 8. The number of carbonyl (C=O) groups is 1. The van der Waals surface area contributed by atoms with E-state index in [9.17, 15) is 13.2 Å². The van der Waals surface area contributed by atoms with E-state index < -0.39 is 22.5 Å². The number of sulfonamides is 1. The predicted molar refractivity (Wildman–Crippen MR) is 123 cm³/mol. The van der Waals surface area contributed by atoms with Crippen molar-refractivity contribution in [2.24, 2.45) is 0 Å². The van der Waals surface area contributed by atoms with Gasteiger partial charge in [0.1, 0.15) is 6.54 Å². The van der Waals surface area contributed by atoms with E-state index in [0.717, 1.165) is 15.4 Å². The molecule has 0 aliphatic heterocycles. The van der Waals surface area contributed by atoms with Crippen molar-refractivity contribution >= 4 is 38.9 Å². The highest BCUT2D eigenvalue weighted by Gasteiger charge is 2.27. The number of nitrogens with zero attached hydrogens (tertiary/aromatic N) is 1. The zero-order valence-electron chi connectivity index (χ0n) is 17.2. The minimum atomic E-state index is -3.98. The highest BCUT2D eigenvalue weighted by atomic mass is 35.5. The molecule has 3 rings (SSSR count). The van der Waals surface area contributed by atoms with Gasteiger partial charge in [0.2, 0.25) is 5.91 Å². The second-order valence-electron chi connectivity index (χ2n) is 6.98. The first-order chi connectivity index (χ1) is 14.8. The quantitative estimate of drug-likeness (QED) is 0.534. The monoisotopic (exact) mass is 458 g/mol. The van der Waals surface area contributed by atoms with E-state index in [1.165, 1.54) is 12.1 Å². The second kappa shape index (κ2) is 9.96. The van der Waals surface area contributed by atoms with Crippen LogP contribution in [0.25, 0.3) is 0 Å². The van der Waals surface area contributed by atoms with E-state index in [1.807, 2.05) is 13.0 Å². The molecular weight excluding hydrogens is 436 g/mol. The van der Waals surface area contributed by atoms with Crippen LogP contribution < -0.4 is 9.62 Å². The van der Waals surface area contributed by atoms with Gasteiger partial charge in [-0.05, 0) is 61.0 Å². The minimum absolute atomic E-state index is 0.0999. The van der Waals surface area contributed by atoms with Crippen LogP contribution in [-0.2, 0) is 26.2 Å². The van der Waals surface area contributed by atoms with Crippen molar-refractivity contribution < 1.29 is 17.9 Å². The lowest BCUT2D eigenvalue weighted by Gasteiger charge is -2.24. The van der Waals surface area contributed by atoms with Gasteiger partial charge in [0.25, 0.3) is 10.0 Å². The van der Waals surface area contributed by atoms with Crippen LogP contribution in [0.5, 0.6) is 0 Å². The molecule has 0 aliphatic rings. The van der Waals surface area contributed by atoms with Gasteiger partial charge in [0.05, 0.1) is 17.2 Å². The number of hydrogen-bond acceptors (Lipinski definition) is 4. The van der Waals surface area contributed by atoms with E-state index in [0.29, 0.717) is 23.0 Å². The van der Waals surface area contributed by atoms with E-state index in [-0.39, 0.29) is 4.90 Å². The standard InChI is InChI=1S/C23H23ClN2O4S/c1-17-6-12-22(13-7-17)31(28,29)26(21-10-8-19(24)9-11-21)15-23(27)25-20-5-3-4-18(14-20)16-30-2/h3-14H,15-16H2,1-2H3,(H,25,27). The fraction of sp³-hybridized carbons (Fsp3) is 0.174. The number of methoxy groups -OCH3 is 1. The molecule has 0 saturated carbocycles. The molecule has 1 N–H and O–H groups in total. The average molecular weight is 459 g/mol. The number of benzene rings is 3. The summed E-state index contributed by atoms with van der Waals surface area (Å²) in [5.41, 5.74) is 2.73. The normalized spacial score (nSPS) is 11.2. The molecule has 0 saturated heterocycles. The Balaban J connectivity index is 1.90. The molecule has 0 heterocycles. The van der Waals surface area contributed by atoms with Crippen LogP contribution in [0.4, 0.5) is 11.4 Å². The van der Waals surface area contributed by atoms with Crippen molar-refractivity contribution in [3.63, 3.8) is 0 Å². The van der Waals surface area contributed by atoms with Gasteiger partial charge < -0.3 is 10.1 Å². The van der Waals surface area contributed by atoms with Gasteiger partial charge in [-0.25, -0.2) is 8.42 Å². The van der Waals surface area contributed by atoms with Gasteiger partial charge >= 0.3 is 0 Å². The summed E-state index contributed by atoms with van der Waals surface area (Å²) in [4.78, 5) is 12.9. The molecule has 8 heteroatoms. The third-order valence-corrected chi connectivity index (χ3v) is 6.57. The molecule has 162 valence electrons. The van der Waals surface area contributed by atoms with Gasteiger partial charge in [-0.3, -0.25) is 9.10 Å².